The zero-order valence-electron chi connectivity index (χ0n) is 14.0. The zero-order valence-corrected chi connectivity index (χ0v) is 14.0. The van der Waals surface area contributed by atoms with Crippen molar-refractivity contribution in [2.45, 2.75) is 26.3 Å². The molecule has 0 aliphatic carbocycles. The predicted octanol–water partition coefficient (Wildman–Crippen LogP) is 2.41. The Morgan fingerprint density at radius 3 is 2.22 bits per heavy atom. The fourth-order valence-corrected chi connectivity index (χ4v) is 2.68. The fraction of sp³-hybridized carbons (Fsp3) is 0.471. The van der Waals surface area contributed by atoms with Gasteiger partial charge < -0.3 is 15.1 Å². The van der Waals surface area contributed by atoms with Crippen LogP contribution in [0.15, 0.2) is 36.8 Å². The van der Waals surface area contributed by atoms with Gasteiger partial charge in [-0.3, -0.25) is 0 Å². The lowest BCUT2D eigenvalue weighted by atomic mass is 10.1. The van der Waals surface area contributed by atoms with Gasteiger partial charge in [-0.25, -0.2) is 15.0 Å². The summed E-state index contributed by atoms with van der Waals surface area (Å²) >= 11 is 0. The Hall–Kier alpha value is -2.37. The van der Waals surface area contributed by atoms with E-state index in [9.17, 15) is 0 Å². The first-order valence-corrected chi connectivity index (χ1v) is 8.02. The van der Waals surface area contributed by atoms with Crippen molar-refractivity contribution in [1.29, 1.82) is 0 Å². The summed E-state index contributed by atoms with van der Waals surface area (Å²) in [5.74, 6) is 2.90. The monoisotopic (exact) mass is 312 g/mol. The quantitative estimate of drug-likeness (QED) is 0.939. The molecule has 1 aliphatic heterocycles. The van der Waals surface area contributed by atoms with Crippen LogP contribution in [-0.2, 0) is 0 Å². The van der Waals surface area contributed by atoms with Gasteiger partial charge in [0.2, 0.25) is 0 Å². The van der Waals surface area contributed by atoms with Crippen molar-refractivity contribution in [3.05, 3.63) is 36.8 Å². The van der Waals surface area contributed by atoms with Gasteiger partial charge in [0.15, 0.2) is 0 Å². The first-order chi connectivity index (χ1) is 11.0. The van der Waals surface area contributed by atoms with Crippen LogP contribution in [0.4, 0.5) is 17.5 Å². The van der Waals surface area contributed by atoms with Crippen LogP contribution in [0.5, 0.6) is 0 Å². The van der Waals surface area contributed by atoms with Crippen LogP contribution in [0.3, 0.4) is 0 Å². The third-order valence-corrected chi connectivity index (χ3v) is 3.73. The fourth-order valence-electron chi connectivity index (χ4n) is 2.68. The number of rotatable bonds is 3. The molecule has 6 nitrogen and oxygen atoms in total. The molecule has 1 saturated heterocycles. The summed E-state index contributed by atoms with van der Waals surface area (Å²) in [6.45, 7) is 10.1. The molecule has 6 heteroatoms. The summed E-state index contributed by atoms with van der Waals surface area (Å²) in [7, 11) is 0. The van der Waals surface area contributed by atoms with E-state index in [-0.39, 0.29) is 5.54 Å². The second-order valence-electron chi connectivity index (χ2n) is 6.80. The molecule has 2 aromatic heterocycles. The van der Waals surface area contributed by atoms with E-state index in [0.717, 1.165) is 43.6 Å². The van der Waals surface area contributed by atoms with Gasteiger partial charge in [-0.2, -0.15) is 0 Å². The van der Waals surface area contributed by atoms with E-state index in [2.05, 4.69) is 56.9 Å². The van der Waals surface area contributed by atoms with Crippen molar-refractivity contribution in [3.8, 4) is 0 Å². The Morgan fingerprint density at radius 2 is 1.61 bits per heavy atom. The molecule has 0 unspecified atom stereocenters. The minimum absolute atomic E-state index is 0.0106. The molecule has 0 spiro atoms. The minimum Gasteiger partial charge on any atom is -0.365 e. The molecule has 3 rings (SSSR count). The highest BCUT2D eigenvalue weighted by Gasteiger charge is 2.20. The van der Waals surface area contributed by atoms with Gasteiger partial charge >= 0.3 is 0 Å². The van der Waals surface area contributed by atoms with Crippen LogP contribution in [0.2, 0.25) is 0 Å². The average Bonchev–Trinajstić information content (AvgIpc) is 2.55. The molecule has 2 aromatic rings. The molecular weight excluding hydrogens is 288 g/mol. The summed E-state index contributed by atoms with van der Waals surface area (Å²) in [4.78, 5) is 17.8. The van der Waals surface area contributed by atoms with E-state index >= 15 is 0 Å². The van der Waals surface area contributed by atoms with E-state index in [4.69, 9.17) is 0 Å². The maximum Gasteiger partial charge on any atom is 0.134 e. The molecule has 122 valence electrons. The summed E-state index contributed by atoms with van der Waals surface area (Å²) in [6, 6.07) is 8.07. The average molecular weight is 312 g/mol. The molecule has 1 fully saturated rings. The lowest BCUT2D eigenvalue weighted by molar-refractivity contribution is 0.627. The topological polar surface area (TPSA) is 57.2 Å². The van der Waals surface area contributed by atoms with Gasteiger partial charge in [0.05, 0.1) is 0 Å². The highest BCUT2D eigenvalue weighted by atomic mass is 15.3. The molecule has 3 heterocycles. The van der Waals surface area contributed by atoms with Crippen molar-refractivity contribution in [2.75, 3.05) is 41.3 Å². The SMILES string of the molecule is CC(C)(C)Nc1cc(N2CCN(c3ccccn3)CC2)ncn1. The van der Waals surface area contributed by atoms with Gasteiger partial charge in [0.1, 0.15) is 23.8 Å². The van der Waals surface area contributed by atoms with E-state index in [0.29, 0.717) is 0 Å². The molecule has 0 amide bonds. The molecule has 23 heavy (non-hydrogen) atoms. The van der Waals surface area contributed by atoms with Gasteiger partial charge in [0, 0.05) is 44.0 Å². The number of nitrogens with zero attached hydrogens (tertiary/aromatic N) is 5. The Bertz CT molecular complexity index is 629. The van der Waals surface area contributed by atoms with Gasteiger partial charge in [0.25, 0.3) is 0 Å². The Kier molecular flexibility index (Phi) is 4.32. The van der Waals surface area contributed by atoms with Crippen LogP contribution >= 0.6 is 0 Å². The number of anilines is 3. The van der Waals surface area contributed by atoms with Crippen LogP contribution < -0.4 is 15.1 Å². The number of nitrogens with one attached hydrogen (secondary N) is 1. The van der Waals surface area contributed by atoms with Crippen molar-refractivity contribution in [2.24, 2.45) is 0 Å². The Labute approximate surface area is 137 Å². The predicted molar refractivity (Wildman–Crippen MR) is 94.1 cm³/mol. The number of aromatic nitrogens is 3. The molecule has 0 saturated carbocycles. The van der Waals surface area contributed by atoms with E-state index in [1.54, 1.807) is 6.33 Å². The second-order valence-corrected chi connectivity index (χ2v) is 6.80. The molecule has 0 bridgehead atoms. The molecule has 0 aromatic carbocycles. The summed E-state index contributed by atoms with van der Waals surface area (Å²) < 4.78 is 0. The maximum atomic E-state index is 4.43. The van der Waals surface area contributed by atoms with Crippen molar-refractivity contribution < 1.29 is 0 Å². The van der Waals surface area contributed by atoms with Crippen LogP contribution in [0, 0.1) is 0 Å². The lowest BCUT2D eigenvalue weighted by Crippen LogP contribution is -2.47. The Morgan fingerprint density at radius 1 is 0.913 bits per heavy atom. The molecule has 0 atom stereocenters. The third kappa shape index (κ3) is 4.09. The standard InChI is InChI=1S/C17H24N6/c1-17(2,3)21-14-12-16(20-13-19-14)23-10-8-22(9-11-23)15-6-4-5-7-18-15/h4-7,12-13H,8-11H2,1-3H3,(H,19,20,21). The van der Waals surface area contributed by atoms with Gasteiger partial charge in [-0.1, -0.05) is 6.07 Å². The van der Waals surface area contributed by atoms with Crippen LogP contribution in [0.25, 0.3) is 0 Å². The highest BCUT2D eigenvalue weighted by molar-refractivity contribution is 5.51. The highest BCUT2D eigenvalue weighted by Crippen LogP contribution is 2.20. The maximum absolute atomic E-state index is 4.43. The minimum atomic E-state index is -0.0106. The zero-order chi connectivity index (χ0) is 16.3. The van der Waals surface area contributed by atoms with Crippen molar-refractivity contribution in [1.82, 2.24) is 15.0 Å². The van der Waals surface area contributed by atoms with Crippen LogP contribution in [-0.4, -0.2) is 46.7 Å². The van der Waals surface area contributed by atoms with E-state index < -0.39 is 0 Å². The molecule has 1 N–H and O–H groups in total. The summed E-state index contributed by atoms with van der Waals surface area (Å²) in [5.41, 5.74) is -0.0106. The molecular formula is C17H24N6. The molecule has 1 aliphatic rings. The largest absolute Gasteiger partial charge is 0.365 e. The lowest BCUT2D eigenvalue weighted by Gasteiger charge is -2.36. The van der Waals surface area contributed by atoms with Crippen molar-refractivity contribution >= 4 is 17.5 Å². The summed E-state index contributed by atoms with van der Waals surface area (Å²) in [6.07, 6.45) is 3.48. The van der Waals surface area contributed by atoms with E-state index in [1.807, 2.05) is 24.4 Å². The first-order valence-electron chi connectivity index (χ1n) is 8.02. The summed E-state index contributed by atoms with van der Waals surface area (Å²) in [5, 5.41) is 3.40. The normalized spacial score (nSPS) is 15.6. The number of hydrogen-bond acceptors (Lipinski definition) is 6. The molecule has 0 radical (unpaired) electrons. The van der Waals surface area contributed by atoms with E-state index in [1.165, 1.54) is 0 Å². The van der Waals surface area contributed by atoms with Crippen molar-refractivity contribution in [3.63, 3.8) is 0 Å². The third-order valence-electron chi connectivity index (χ3n) is 3.73. The van der Waals surface area contributed by atoms with Gasteiger partial charge in [-0.05, 0) is 32.9 Å². The number of pyridine rings is 1. The van der Waals surface area contributed by atoms with Gasteiger partial charge in [-0.15, -0.1) is 0 Å². The number of hydrogen-bond donors (Lipinski definition) is 1. The second kappa shape index (κ2) is 6.40. The Balaban J connectivity index is 1.65. The van der Waals surface area contributed by atoms with Crippen LogP contribution in [0.1, 0.15) is 20.8 Å². The number of piperazine rings is 1. The smallest absolute Gasteiger partial charge is 0.134 e. The first kappa shape index (κ1) is 15.5.